The average Bonchev–Trinajstić information content (AvgIpc) is 2.11. The first-order chi connectivity index (χ1) is 7.96. The van der Waals surface area contributed by atoms with Crippen LogP contribution in [0.1, 0.15) is 0 Å². The molecule has 0 heterocycles. The minimum atomic E-state index is -7.12. The Balaban J connectivity index is 5.34. The number of hydrogen-bond acceptors (Lipinski definition) is 2. The lowest BCUT2D eigenvalue weighted by Gasteiger charge is -2.33. The second-order valence-corrected chi connectivity index (χ2v) is 4.35. The van der Waals surface area contributed by atoms with E-state index in [4.69, 9.17) is 9.79 Å². The first kappa shape index (κ1) is 18.5. The molecule has 0 aliphatic heterocycles. The monoisotopic (exact) mass is 330 g/mol. The highest BCUT2D eigenvalue weighted by Gasteiger charge is 2.81. The molecule has 116 valence electrons. The fourth-order valence-electron chi connectivity index (χ4n) is 0.663. The summed E-state index contributed by atoms with van der Waals surface area (Å²) >= 11 is 0. The fraction of sp³-hybridized carbons (Fsp3) is 1.00. The number of rotatable bonds is 5. The molecule has 0 atom stereocenters. The third kappa shape index (κ3) is 3.74. The van der Waals surface area contributed by atoms with Crippen molar-refractivity contribution in [1.29, 1.82) is 0 Å². The molecule has 0 unspecified atom stereocenters. The van der Waals surface area contributed by atoms with E-state index in [1.807, 2.05) is 0 Å². The molecule has 0 radical (unpaired) electrons. The lowest BCUT2D eigenvalue weighted by atomic mass is 10.1. The number of halogens is 9. The van der Waals surface area contributed by atoms with Gasteiger partial charge in [-0.2, -0.15) is 39.5 Å². The van der Waals surface area contributed by atoms with Crippen molar-refractivity contribution in [1.82, 2.24) is 0 Å². The number of phosphoric ester groups is 1. The second kappa shape index (κ2) is 4.79. The van der Waals surface area contributed by atoms with Gasteiger partial charge < -0.3 is 9.79 Å². The maximum atomic E-state index is 12.6. The normalized spacial score (nSPS) is 15.7. The number of hydrogen-bond donors (Lipinski definition) is 2. The number of phosphoric acid groups is 1. The Bertz CT molecular complexity index is 371. The van der Waals surface area contributed by atoms with Crippen LogP contribution in [0.25, 0.3) is 0 Å². The highest BCUT2D eigenvalue weighted by atomic mass is 31.2. The van der Waals surface area contributed by atoms with Gasteiger partial charge in [0.25, 0.3) is 0 Å². The molecule has 19 heavy (non-hydrogen) atoms. The van der Waals surface area contributed by atoms with Gasteiger partial charge in [0.05, 0.1) is 0 Å². The minimum Gasteiger partial charge on any atom is -0.303 e. The predicted molar refractivity (Wildman–Crippen MR) is 38.9 cm³/mol. The molecule has 0 aromatic heterocycles. The van der Waals surface area contributed by atoms with Crippen LogP contribution in [0.15, 0.2) is 0 Å². The van der Waals surface area contributed by atoms with Crippen molar-refractivity contribution in [3.63, 3.8) is 0 Å². The van der Waals surface area contributed by atoms with Crippen molar-refractivity contribution in [2.45, 2.75) is 23.9 Å². The zero-order valence-corrected chi connectivity index (χ0v) is 9.16. The van der Waals surface area contributed by atoms with E-state index in [2.05, 4.69) is 4.52 Å². The van der Waals surface area contributed by atoms with Crippen molar-refractivity contribution in [2.75, 3.05) is 6.61 Å². The minimum absolute atomic E-state index is 2.82. The molecule has 0 rings (SSSR count). The van der Waals surface area contributed by atoms with E-state index in [-0.39, 0.29) is 0 Å². The fourth-order valence-corrected chi connectivity index (χ4v) is 0.994. The Labute approximate surface area is 97.9 Å². The van der Waals surface area contributed by atoms with Gasteiger partial charge in [-0.3, -0.25) is 4.52 Å². The summed E-state index contributed by atoms with van der Waals surface area (Å²) in [7, 11) is -5.76. The molecule has 0 aromatic rings. The Kier molecular flexibility index (Phi) is 4.66. The van der Waals surface area contributed by atoms with Crippen molar-refractivity contribution in [3.05, 3.63) is 0 Å². The molecule has 2 N–H and O–H groups in total. The second-order valence-electron chi connectivity index (χ2n) is 3.12. The SMILES string of the molecule is O=P(O)(O)OCC(F)(F)C(F)(F)C(F)(F)C(F)(F)F. The maximum absolute atomic E-state index is 12.6. The van der Waals surface area contributed by atoms with Crippen molar-refractivity contribution in [2.24, 2.45) is 0 Å². The zero-order valence-electron chi connectivity index (χ0n) is 8.27. The van der Waals surface area contributed by atoms with Gasteiger partial charge in [-0.1, -0.05) is 0 Å². The van der Waals surface area contributed by atoms with E-state index >= 15 is 0 Å². The van der Waals surface area contributed by atoms with Crippen molar-refractivity contribution in [3.8, 4) is 0 Å². The molecule has 0 aliphatic carbocycles. The first-order valence-corrected chi connectivity index (χ1v) is 5.39. The van der Waals surface area contributed by atoms with Crippen LogP contribution in [0, 0.1) is 0 Å². The molecule has 0 aromatic carbocycles. The molecule has 0 bridgehead atoms. The van der Waals surface area contributed by atoms with Gasteiger partial charge in [-0.15, -0.1) is 0 Å². The Morgan fingerprint density at radius 1 is 0.842 bits per heavy atom. The third-order valence-corrected chi connectivity index (χ3v) is 2.09. The molecule has 0 spiro atoms. The highest BCUT2D eigenvalue weighted by Crippen LogP contribution is 2.54. The summed E-state index contributed by atoms with van der Waals surface area (Å²) in [6, 6.07) is 0. The van der Waals surface area contributed by atoms with E-state index in [0.29, 0.717) is 0 Å². The standard InChI is InChI=1S/C5H4F9O4P/c6-2(7,1-18-19(15,16)17)3(8,9)4(10,11)5(12,13)14/h1H2,(H2,15,16,17). The first-order valence-electron chi connectivity index (χ1n) is 3.86. The van der Waals surface area contributed by atoms with Crippen LogP contribution in [0.2, 0.25) is 0 Å². The van der Waals surface area contributed by atoms with Crippen LogP contribution >= 0.6 is 7.82 Å². The lowest BCUT2D eigenvalue weighted by Crippen LogP contribution is -2.62. The van der Waals surface area contributed by atoms with E-state index < -0.39 is 38.4 Å². The molecule has 14 heteroatoms. The van der Waals surface area contributed by atoms with Gasteiger partial charge in [0.2, 0.25) is 0 Å². The van der Waals surface area contributed by atoms with Crippen LogP contribution < -0.4 is 0 Å². The van der Waals surface area contributed by atoms with Crippen LogP contribution in [0.5, 0.6) is 0 Å². The molecule has 0 fully saturated rings. The average molecular weight is 330 g/mol. The molecular weight excluding hydrogens is 326 g/mol. The highest BCUT2D eigenvalue weighted by molar-refractivity contribution is 7.46. The predicted octanol–water partition coefficient (Wildman–Crippen LogP) is 2.56. The van der Waals surface area contributed by atoms with Gasteiger partial charge in [0, 0.05) is 0 Å². The van der Waals surface area contributed by atoms with Crippen LogP contribution in [-0.2, 0) is 9.09 Å². The topological polar surface area (TPSA) is 66.8 Å². The van der Waals surface area contributed by atoms with Crippen molar-refractivity contribution >= 4 is 7.82 Å². The Hall–Kier alpha value is -0.520. The summed E-state index contributed by atoms with van der Waals surface area (Å²) < 4.78 is 122. The maximum Gasteiger partial charge on any atom is 0.469 e. The van der Waals surface area contributed by atoms with E-state index in [1.54, 1.807) is 0 Å². The van der Waals surface area contributed by atoms with E-state index in [9.17, 15) is 44.1 Å². The third-order valence-electron chi connectivity index (χ3n) is 1.62. The summed E-state index contributed by atoms with van der Waals surface area (Å²) in [4.78, 5) is 15.8. The quantitative estimate of drug-likeness (QED) is 0.601. The van der Waals surface area contributed by atoms with Gasteiger partial charge in [0.1, 0.15) is 6.61 Å². The zero-order chi connectivity index (χ0) is 15.9. The molecule has 0 aliphatic rings. The summed E-state index contributed by atoms with van der Waals surface area (Å²) in [5.41, 5.74) is 0. The Morgan fingerprint density at radius 3 is 1.47 bits per heavy atom. The summed E-state index contributed by atoms with van der Waals surface area (Å²) in [6.07, 6.45) is -7.00. The Morgan fingerprint density at radius 2 is 1.21 bits per heavy atom. The van der Waals surface area contributed by atoms with Crippen LogP contribution in [-0.4, -0.2) is 40.3 Å². The molecule has 0 saturated carbocycles. The van der Waals surface area contributed by atoms with Gasteiger partial charge in [-0.25, -0.2) is 4.57 Å². The van der Waals surface area contributed by atoms with Gasteiger partial charge in [-0.05, 0) is 0 Å². The molecule has 0 saturated heterocycles. The molecular formula is C5H4F9O4P. The lowest BCUT2D eigenvalue weighted by molar-refractivity contribution is -0.398. The number of alkyl halides is 9. The molecule has 4 nitrogen and oxygen atoms in total. The van der Waals surface area contributed by atoms with Crippen LogP contribution in [0.4, 0.5) is 39.5 Å². The summed E-state index contributed by atoms with van der Waals surface area (Å²) in [6.45, 7) is -3.03. The van der Waals surface area contributed by atoms with Gasteiger partial charge in [0.15, 0.2) is 0 Å². The van der Waals surface area contributed by atoms with E-state index in [1.165, 1.54) is 0 Å². The summed E-state index contributed by atoms with van der Waals surface area (Å²) in [5, 5.41) is 0. The van der Waals surface area contributed by atoms with Gasteiger partial charge >= 0.3 is 31.8 Å². The summed E-state index contributed by atoms with van der Waals surface area (Å²) in [5.74, 6) is -20.3. The largest absolute Gasteiger partial charge is 0.469 e. The van der Waals surface area contributed by atoms with Crippen LogP contribution in [0.3, 0.4) is 0 Å². The smallest absolute Gasteiger partial charge is 0.303 e. The van der Waals surface area contributed by atoms with E-state index in [0.717, 1.165) is 0 Å². The molecule has 0 amide bonds. The van der Waals surface area contributed by atoms with Crippen molar-refractivity contribution < 1.29 is 58.4 Å².